The summed E-state index contributed by atoms with van der Waals surface area (Å²) in [6.07, 6.45) is 11.2. The Morgan fingerprint density at radius 2 is 1.82 bits per heavy atom. The highest BCUT2D eigenvalue weighted by atomic mass is 32.1. The molecule has 0 radical (unpaired) electrons. The van der Waals surface area contributed by atoms with E-state index >= 15 is 0 Å². The molecule has 49 heavy (non-hydrogen) atoms. The smallest absolute Gasteiger partial charge is 0.408 e. The predicted octanol–water partition coefficient (Wildman–Crippen LogP) is 4.01. The molecule has 1 saturated carbocycles. The second kappa shape index (κ2) is 13.8. The van der Waals surface area contributed by atoms with E-state index < -0.39 is 58.7 Å². The summed E-state index contributed by atoms with van der Waals surface area (Å²) in [5.74, 6) is -2.70. The molecule has 1 saturated heterocycles. The van der Waals surface area contributed by atoms with E-state index in [0.29, 0.717) is 34.0 Å². The molecule has 16 heteroatoms. The summed E-state index contributed by atoms with van der Waals surface area (Å²) >= 11 is 2.65. The van der Waals surface area contributed by atoms with Gasteiger partial charge in [0, 0.05) is 47.6 Å². The third-order valence-corrected chi connectivity index (χ3v) is 10.6. The van der Waals surface area contributed by atoms with Crippen LogP contribution in [0.2, 0.25) is 0 Å². The Kier molecular flexibility index (Phi) is 9.71. The Labute approximate surface area is 290 Å². The molecule has 3 aromatic rings. The van der Waals surface area contributed by atoms with Gasteiger partial charge in [-0.1, -0.05) is 25.0 Å². The summed E-state index contributed by atoms with van der Waals surface area (Å²) in [5.41, 5.74) is -1.93. The van der Waals surface area contributed by atoms with Gasteiger partial charge in [-0.05, 0) is 46.5 Å². The van der Waals surface area contributed by atoms with E-state index in [2.05, 4.69) is 25.7 Å². The molecule has 5 heterocycles. The molecule has 0 unspecified atom stereocenters. The number of carboxylic acids is 1. The maximum Gasteiger partial charge on any atom is 0.408 e. The SMILES string of the molecule is CC(C)(C)OC(=O)N[C@H]1CCCCC/C=C\[C@@H]2C[C@@]2(C(=O)O)NC(=O)[C@@H]2C[C@H](n3ncc(-c4nccs4)c(-c4nccs4)c3=O)CN2C1=O. The van der Waals surface area contributed by atoms with Crippen molar-refractivity contribution in [2.24, 2.45) is 5.92 Å². The topological polar surface area (TPSA) is 186 Å². The van der Waals surface area contributed by atoms with E-state index in [0.717, 1.165) is 19.3 Å². The molecule has 14 nitrogen and oxygen atoms in total. The van der Waals surface area contributed by atoms with Crippen LogP contribution in [0.4, 0.5) is 4.79 Å². The lowest BCUT2D eigenvalue weighted by molar-refractivity contribution is -0.145. The lowest BCUT2D eigenvalue weighted by atomic mass is 10.0. The summed E-state index contributed by atoms with van der Waals surface area (Å²) < 4.78 is 6.73. The number of nitrogens with one attached hydrogen (secondary N) is 2. The van der Waals surface area contributed by atoms with Crippen molar-refractivity contribution in [3.63, 3.8) is 0 Å². The Morgan fingerprint density at radius 1 is 1.08 bits per heavy atom. The van der Waals surface area contributed by atoms with Crippen LogP contribution in [0.25, 0.3) is 21.1 Å². The van der Waals surface area contributed by atoms with Crippen molar-refractivity contribution in [3.8, 4) is 21.1 Å². The maximum atomic E-state index is 14.4. The van der Waals surface area contributed by atoms with Crippen molar-refractivity contribution in [2.75, 3.05) is 6.54 Å². The molecule has 2 aliphatic heterocycles. The summed E-state index contributed by atoms with van der Waals surface area (Å²) in [6.45, 7) is 5.08. The number of ether oxygens (including phenoxy) is 1. The molecule has 0 aromatic carbocycles. The number of rotatable bonds is 5. The average molecular weight is 710 g/mol. The van der Waals surface area contributed by atoms with Gasteiger partial charge in [-0.2, -0.15) is 5.10 Å². The van der Waals surface area contributed by atoms with Gasteiger partial charge in [-0.25, -0.2) is 24.2 Å². The van der Waals surface area contributed by atoms with Gasteiger partial charge in [0.15, 0.2) is 0 Å². The third-order valence-electron chi connectivity index (χ3n) is 8.99. The van der Waals surface area contributed by atoms with Crippen molar-refractivity contribution in [3.05, 3.63) is 51.9 Å². The number of aromatic nitrogens is 4. The first kappa shape index (κ1) is 34.4. The summed E-state index contributed by atoms with van der Waals surface area (Å²) in [5, 5.41) is 24.8. The number of carbonyl (C=O) groups is 4. The van der Waals surface area contributed by atoms with Crippen LogP contribution in [-0.2, 0) is 19.1 Å². The molecule has 5 atom stereocenters. The van der Waals surface area contributed by atoms with Crippen LogP contribution in [0.5, 0.6) is 0 Å². The number of thiazole rings is 2. The van der Waals surface area contributed by atoms with Crippen molar-refractivity contribution in [1.82, 2.24) is 35.3 Å². The second-order valence-electron chi connectivity index (χ2n) is 13.6. The van der Waals surface area contributed by atoms with E-state index in [4.69, 9.17) is 4.74 Å². The quantitative estimate of drug-likeness (QED) is 0.327. The highest BCUT2D eigenvalue weighted by Crippen LogP contribution is 2.45. The van der Waals surface area contributed by atoms with E-state index in [9.17, 15) is 29.1 Å². The maximum absolute atomic E-state index is 14.4. The van der Waals surface area contributed by atoms with Crippen molar-refractivity contribution in [2.45, 2.75) is 95.0 Å². The minimum Gasteiger partial charge on any atom is -0.479 e. The van der Waals surface area contributed by atoms with E-state index in [1.807, 2.05) is 12.2 Å². The summed E-state index contributed by atoms with van der Waals surface area (Å²) in [4.78, 5) is 78.1. The molecule has 3 aliphatic rings. The van der Waals surface area contributed by atoms with E-state index in [1.165, 1.54) is 32.3 Å². The van der Waals surface area contributed by atoms with Crippen molar-refractivity contribution < 1.29 is 29.0 Å². The van der Waals surface area contributed by atoms with Gasteiger partial charge < -0.3 is 25.4 Å². The highest BCUT2D eigenvalue weighted by molar-refractivity contribution is 7.14. The number of nitrogens with zero attached hydrogens (tertiary/aromatic N) is 5. The molecule has 260 valence electrons. The summed E-state index contributed by atoms with van der Waals surface area (Å²) in [6, 6.07) is -2.90. The molecule has 0 spiro atoms. The lowest BCUT2D eigenvalue weighted by Crippen LogP contribution is -2.56. The molecule has 2 fully saturated rings. The van der Waals surface area contributed by atoms with Crippen LogP contribution in [0.15, 0.2) is 46.3 Å². The van der Waals surface area contributed by atoms with E-state index in [1.54, 1.807) is 50.1 Å². The number of fused-ring (bicyclic) bond motifs is 2. The zero-order valence-corrected chi connectivity index (χ0v) is 29.1. The molecular weight excluding hydrogens is 671 g/mol. The molecule has 3 amide bonds. The van der Waals surface area contributed by atoms with Gasteiger partial charge >= 0.3 is 12.1 Å². The van der Waals surface area contributed by atoms with Crippen molar-refractivity contribution >= 4 is 46.6 Å². The molecule has 3 aromatic heterocycles. The number of carboxylic acid groups (broad SMARTS) is 1. The number of hydrogen-bond acceptors (Lipinski definition) is 11. The van der Waals surface area contributed by atoms with Crippen LogP contribution in [0, 0.1) is 5.92 Å². The third kappa shape index (κ3) is 7.29. The fourth-order valence-electron chi connectivity index (χ4n) is 6.50. The van der Waals surface area contributed by atoms with Crippen LogP contribution in [0.1, 0.15) is 71.8 Å². The zero-order chi connectivity index (χ0) is 34.9. The normalized spacial score (nSPS) is 26.8. The number of carbonyl (C=O) groups excluding carboxylic acids is 3. The first-order valence-corrected chi connectivity index (χ1v) is 18.1. The minimum atomic E-state index is -1.49. The number of hydrogen-bond donors (Lipinski definition) is 3. The van der Waals surface area contributed by atoms with E-state index in [-0.39, 0.29) is 25.3 Å². The number of allylic oxidation sites excluding steroid dienone is 1. The predicted molar refractivity (Wildman–Crippen MR) is 182 cm³/mol. The Hall–Kier alpha value is -4.44. The lowest BCUT2D eigenvalue weighted by Gasteiger charge is -2.30. The van der Waals surface area contributed by atoms with Crippen LogP contribution in [0.3, 0.4) is 0 Å². The van der Waals surface area contributed by atoms with Crippen LogP contribution < -0.4 is 16.2 Å². The Bertz CT molecular complexity index is 1800. The largest absolute Gasteiger partial charge is 0.479 e. The molecule has 6 rings (SSSR count). The van der Waals surface area contributed by atoms with Gasteiger partial charge in [0.1, 0.15) is 33.2 Å². The van der Waals surface area contributed by atoms with Gasteiger partial charge in [0.2, 0.25) is 11.8 Å². The number of aliphatic carboxylic acids is 1. The monoisotopic (exact) mass is 709 g/mol. The summed E-state index contributed by atoms with van der Waals surface area (Å²) in [7, 11) is 0. The first-order valence-electron chi connectivity index (χ1n) is 16.3. The van der Waals surface area contributed by atoms with Crippen LogP contribution >= 0.6 is 22.7 Å². The standard InChI is InChI=1S/C33H39N7O7S2/c1-32(2,3)47-31(46)37-22-10-8-6-4-5-7-9-19-16-33(19,30(44)45)38-25(41)23-15-20(18-39(23)28(22)42)40-29(43)24(27-35-12-14-49-27)21(17-36-40)26-34-11-13-48-26/h7,9,11-14,17,19-20,22-23H,4-6,8,10,15-16,18H2,1-3H3,(H,37,46)(H,38,41)(H,44,45)/b9-7-/t19-,20+,22+,23+,33-/m1/s1. The average Bonchev–Trinajstić information content (AvgIpc) is 3.56. The van der Waals surface area contributed by atoms with Gasteiger partial charge in [0.05, 0.1) is 17.8 Å². The highest BCUT2D eigenvalue weighted by Gasteiger charge is 2.61. The first-order chi connectivity index (χ1) is 23.4. The Morgan fingerprint density at radius 3 is 2.49 bits per heavy atom. The fourth-order valence-corrected chi connectivity index (χ4v) is 7.85. The van der Waals surface area contributed by atoms with Gasteiger partial charge in [0.25, 0.3) is 5.56 Å². The van der Waals surface area contributed by atoms with Gasteiger partial charge in [-0.15, -0.1) is 22.7 Å². The molecule has 0 bridgehead atoms. The Balaban J connectivity index is 1.38. The fraction of sp³-hybridized carbons (Fsp3) is 0.515. The van der Waals surface area contributed by atoms with Crippen LogP contribution in [-0.4, -0.2) is 83.4 Å². The molecular formula is C33H39N7O7S2. The number of amides is 3. The minimum absolute atomic E-state index is 0.00620. The van der Waals surface area contributed by atoms with Crippen molar-refractivity contribution in [1.29, 1.82) is 0 Å². The molecule has 1 aliphatic carbocycles. The second-order valence-corrected chi connectivity index (χ2v) is 15.4. The van der Waals surface area contributed by atoms with Gasteiger partial charge in [-0.3, -0.25) is 14.4 Å². The molecule has 3 N–H and O–H groups in total. The zero-order valence-electron chi connectivity index (χ0n) is 27.5. The number of alkyl carbamates (subject to hydrolysis) is 1.